The Morgan fingerprint density at radius 2 is 2.10 bits per heavy atom. The Morgan fingerprint density at radius 1 is 1.40 bits per heavy atom. The van der Waals surface area contributed by atoms with E-state index in [0.29, 0.717) is 5.75 Å². The van der Waals surface area contributed by atoms with Crippen LogP contribution in [0.5, 0.6) is 0 Å². The van der Waals surface area contributed by atoms with Gasteiger partial charge in [-0.2, -0.15) is 0 Å². The highest BCUT2D eigenvalue weighted by Gasteiger charge is 2.45. The number of rotatable bonds is 6. The maximum atomic E-state index is 13.5. The molecule has 0 radical (unpaired) electrons. The Labute approximate surface area is 118 Å². The van der Waals surface area contributed by atoms with E-state index in [-0.39, 0.29) is 29.1 Å². The zero-order chi connectivity index (χ0) is 14.8. The number of hydrogen-bond donors (Lipinski definition) is 0. The molecule has 0 amide bonds. The molecule has 2 rings (SSSR count). The van der Waals surface area contributed by atoms with Gasteiger partial charge in [0, 0.05) is 22.1 Å². The molecule has 110 valence electrons. The van der Waals surface area contributed by atoms with E-state index < -0.39 is 22.4 Å². The number of ether oxygens (including phenoxy) is 1. The van der Waals surface area contributed by atoms with Gasteiger partial charge in [-0.05, 0) is 24.3 Å². The minimum absolute atomic E-state index is 0.0352. The van der Waals surface area contributed by atoms with E-state index in [4.69, 9.17) is 0 Å². The molecule has 20 heavy (non-hydrogen) atoms. The minimum atomic E-state index is -1.33. The zero-order valence-corrected chi connectivity index (χ0v) is 12.0. The van der Waals surface area contributed by atoms with Crippen LogP contribution < -0.4 is 0 Å². The lowest BCUT2D eigenvalue weighted by atomic mass is 10.1. The van der Waals surface area contributed by atoms with Gasteiger partial charge in [0.1, 0.15) is 0 Å². The summed E-state index contributed by atoms with van der Waals surface area (Å²) in [5, 5.41) is 0. The number of hydrogen-bond acceptors (Lipinski definition) is 3. The normalized spacial score (nSPS) is 17.6. The molecule has 0 N–H and O–H groups in total. The van der Waals surface area contributed by atoms with E-state index in [9.17, 15) is 17.8 Å². The third kappa shape index (κ3) is 3.62. The fourth-order valence-corrected chi connectivity index (χ4v) is 3.90. The van der Waals surface area contributed by atoms with E-state index in [2.05, 4.69) is 4.74 Å². The smallest absolute Gasteiger partial charge is 0.306 e. The number of halogens is 2. The van der Waals surface area contributed by atoms with Crippen LogP contribution in [0.15, 0.2) is 18.2 Å². The number of esters is 1. The SMILES string of the molecule is COC(=O)CC1(CS(=O)Cc2cccc(F)c2F)CC1. The predicted molar refractivity (Wildman–Crippen MR) is 71.4 cm³/mol. The lowest BCUT2D eigenvalue weighted by Crippen LogP contribution is -2.19. The van der Waals surface area contributed by atoms with E-state index in [0.717, 1.165) is 18.9 Å². The lowest BCUT2D eigenvalue weighted by Gasteiger charge is -2.13. The number of carbonyl (C=O) groups excluding carboxylic acids is 1. The molecule has 0 bridgehead atoms. The number of carbonyl (C=O) groups is 1. The van der Waals surface area contributed by atoms with Gasteiger partial charge in [-0.3, -0.25) is 9.00 Å². The number of benzene rings is 1. The summed E-state index contributed by atoms with van der Waals surface area (Å²) >= 11 is 0. The van der Waals surface area contributed by atoms with E-state index >= 15 is 0 Å². The fraction of sp³-hybridized carbons (Fsp3) is 0.500. The average Bonchev–Trinajstić information content (AvgIpc) is 3.14. The monoisotopic (exact) mass is 302 g/mol. The standard InChI is InChI=1S/C14H16F2O3S/c1-19-12(17)7-14(5-6-14)9-20(18)8-10-3-2-4-11(15)13(10)16/h2-4H,5-9H2,1H3. The molecule has 1 saturated carbocycles. The predicted octanol–water partition coefficient (Wildman–Crippen LogP) is 2.56. The van der Waals surface area contributed by atoms with Crippen molar-refractivity contribution in [1.29, 1.82) is 0 Å². The summed E-state index contributed by atoms with van der Waals surface area (Å²) in [5.41, 5.74) is -0.168. The first-order valence-corrected chi connectivity index (χ1v) is 7.79. The number of methoxy groups -OCH3 is 1. The van der Waals surface area contributed by atoms with Crippen LogP contribution in [-0.4, -0.2) is 23.0 Å². The Morgan fingerprint density at radius 3 is 2.70 bits per heavy atom. The first-order chi connectivity index (χ1) is 9.46. The molecule has 1 aliphatic rings. The summed E-state index contributed by atoms with van der Waals surface area (Å²) < 4.78 is 43.2. The van der Waals surface area contributed by atoms with Gasteiger partial charge < -0.3 is 4.74 Å². The second-order valence-electron chi connectivity index (χ2n) is 5.19. The summed E-state index contributed by atoms with van der Waals surface area (Å²) in [6.45, 7) is 0. The topological polar surface area (TPSA) is 43.4 Å². The van der Waals surface area contributed by atoms with Crippen LogP contribution >= 0.6 is 0 Å². The molecule has 1 unspecified atom stereocenters. The van der Waals surface area contributed by atoms with Gasteiger partial charge in [-0.25, -0.2) is 8.78 Å². The molecule has 0 aromatic heterocycles. The fourth-order valence-electron chi connectivity index (χ4n) is 2.15. The molecule has 0 aliphatic heterocycles. The first kappa shape index (κ1) is 15.1. The van der Waals surface area contributed by atoms with Gasteiger partial charge >= 0.3 is 5.97 Å². The van der Waals surface area contributed by atoms with Crippen molar-refractivity contribution in [3.8, 4) is 0 Å². The molecule has 1 aromatic rings. The first-order valence-electron chi connectivity index (χ1n) is 6.30. The van der Waals surface area contributed by atoms with Gasteiger partial charge in [-0.1, -0.05) is 12.1 Å². The van der Waals surface area contributed by atoms with Crippen LogP contribution in [0.2, 0.25) is 0 Å². The Kier molecular flexibility index (Phi) is 4.52. The maximum Gasteiger partial charge on any atom is 0.306 e. The molecule has 1 aromatic carbocycles. The van der Waals surface area contributed by atoms with Crippen LogP contribution in [0.4, 0.5) is 8.78 Å². The second-order valence-corrected chi connectivity index (χ2v) is 6.65. The van der Waals surface area contributed by atoms with Crippen molar-refractivity contribution in [3.63, 3.8) is 0 Å². The highest BCUT2D eigenvalue weighted by atomic mass is 32.2. The van der Waals surface area contributed by atoms with Gasteiger partial charge in [0.25, 0.3) is 0 Å². The van der Waals surface area contributed by atoms with Crippen molar-refractivity contribution in [3.05, 3.63) is 35.4 Å². The Bertz CT molecular complexity index is 541. The van der Waals surface area contributed by atoms with Gasteiger partial charge in [0.15, 0.2) is 11.6 Å². The third-order valence-corrected chi connectivity index (χ3v) is 5.09. The molecular weight excluding hydrogens is 286 g/mol. The van der Waals surface area contributed by atoms with E-state index in [1.54, 1.807) is 0 Å². The second kappa shape index (κ2) is 5.99. The third-order valence-electron chi connectivity index (χ3n) is 3.52. The van der Waals surface area contributed by atoms with Crippen molar-refractivity contribution < 1.29 is 22.5 Å². The minimum Gasteiger partial charge on any atom is -0.469 e. The van der Waals surface area contributed by atoms with Crippen LogP contribution in [0, 0.1) is 17.0 Å². The van der Waals surface area contributed by atoms with Crippen LogP contribution in [0.25, 0.3) is 0 Å². The van der Waals surface area contributed by atoms with Gasteiger partial charge in [0.05, 0.1) is 19.3 Å². The Hall–Kier alpha value is -1.30. The molecule has 1 atom stereocenters. The molecule has 1 fully saturated rings. The molecule has 0 heterocycles. The van der Waals surface area contributed by atoms with Crippen LogP contribution in [0.3, 0.4) is 0 Å². The van der Waals surface area contributed by atoms with Crippen molar-refractivity contribution >= 4 is 16.8 Å². The van der Waals surface area contributed by atoms with Crippen molar-refractivity contribution in [2.24, 2.45) is 5.41 Å². The lowest BCUT2D eigenvalue weighted by molar-refractivity contribution is -0.141. The largest absolute Gasteiger partial charge is 0.469 e. The van der Waals surface area contributed by atoms with Crippen molar-refractivity contribution in [2.75, 3.05) is 12.9 Å². The molecule has 3 nitrogen and oxygen atoms in total. The molecule has 0 spiro atoms. The van der Waals surface area contributed by atoms with Crippen LogP contribution in [-0.2, 0) is 26.1 Å². The Balaban J connectivity index is 1.96. The van der Waals surface area contributed by atoms with Crippen molar-refractivity contribution in [2.45, 2.75) is 25.0 Å². The summed E-state index contributed by atoms with van der Waals surface area (Å²) in [5.74, 6) is -1.92. The quantitative estimate of drug-likeness (QED) is 0.759. The summed E-state index contributed by atoms with van der Waals surface area (Å²) in [7, 11) is -0.0124. The average molecular weight is 302 g/mol. The van der Waals surface area contributed by atoms with E-state index in [1.165, 1.54) is 19.2 Å². The van der Waals surface area contributed by atoms with Gasteiger partial charge in [0.2, 0.25) is 0 Å². The highest BCUT2D eigenvalue weighted by Crippen LogP contribution is 2.49. The molecule has 1 aliphatic carbocycles. The zero-order valence-electron chi connectivity index (χ0n) is 11.2. The summed E-state index contributed by atoms with van der Waals surface area (Å²) in [6.07, 6.45) is 1.87. The maximum absolute atomic E-state index is 13.5. The molecule has 6 heteroatoms. The molecule has 0 saturated heterocycles. The van der Waals surface area contributed by atoms with Crippen molar-refractivity contribution in [1.82, 2.24) is 0 Å². The highest BCUT2D eigenvalue weighted by molar-refractivity contribution is 7.84. The van der Waals surface area contributed by atoms with Gasteiger partial charge in [-0.15, -0.1) is 0 Å². The van der Waals surface area contributed by atoms with E-state index in [1.807, 2.05) is 0 Å². The summed E-state index contributed by atoms with van der Waals surface area (Å²) in [6, 6.07) is 3.85. The summed E-state index contributed by atoms with van der Waals surface area (Å²) in [4.78, 5) is 11.3. The van der Waals surface area contributed by atoms with Crippen LogP contribution in [0.1, 0.15) is 24.8 Å². The molecular formula is C14H16F2O3S.